The predicted molar refractivity (Wildman–Crippen MR) is 98.6 cm³/mol. The van der Waals surface area contributed by atoms with Crippen LogP contribution in [-0.4, -0.2) is 35.8 Å². The summed E-state index contributed by atoms with van der Waals surface area (Å²) in [4.78, 5) is 22.1. The molecule has 144 valence electrons. The molecular formula is C19H18FN5O3. The summed E-state index contributed by atoms with van der Waals surface area (Å²) in [6, 6.07) is 3.93. The predicted octanol–water partition coefficient (Wildman–Crippen LogP) is 2.44. The number of aliphatic hydroxyl groups is 1. The molecule has 0 saturated heterocycles. The lowest BCUT2D eigenvalue weighted by Crippen LogP contribution is -2.28. The topological polar surface area (TPSA) is 98.5 Å². The van der Waals surface area contributed by atoms with E-state index in [-0.39, 0.29) is 34.6 Å². The zero-order valence-corrected chi connectivity index (χ0v) is 15.4. The highest BCUT2D eigenvalue weighted by Gasteiger charge is 2.44. The first-order valence-corrected chi connectivity index (χ1v) is 9.10. The van der Waals surface area contributed by atoms with Gasteiger partial charge in [-0.1, -0.05) is 18.1 Å². The molecule has 0 amide bonds. The molecule has 1 saturated carbocycles. The molecule has 1 aromatic carbocycles. The number of hydrogen-bond acceptors (Lipinski definition) is 6. The maximum Gasteiger partial charge on any atom is 0.278 e. The van der Waals surface area contributed by atoms with Crippen LogP contribution in [0.2, 0.25) is 0 Å². The standard InChI is InChI=1S/C19H18FN5O3/c1-10(8-26)25-14-11(20)4-3-5-12(14)24-9-21-13(15(24)17(25)27)16-22-18(28-23-16)19(2)6-7-19/h3-5,9-10,26H,6-8H2,1-2H3. The van der Waals surface area contributed by atoms with E-state index in [0.29, 0.717) is 11.4 Å². The molecule has 4 aromatic rings. The van der Waals surface area contributed by atoms with Crippen LogP contribution in [0, 0.1) is 5.82 Å². The number of nitrogens with zero attached hydrogens (tertiary/aromatic N) is 5. The lowest BCUT2D eigenvalue weighted by atomic mass is 10.1. The van der Waals surface area contributed by atoms with E-state index in [9.17, 15) is 14.3 Å². The van der Waals surface area contributed by atoms with Gasteiger partial charge < -0.3 is 9.63 Å². The van der Waals surface area contributed by atoms with Gasteiger partial charge in [-0.3, -0.25) is 13.8 Å². The van der Waals surface area contributed by atoms with Gasteiger partial charge in [0.1, 0.15) is 28.9 Å². The van der Waals surface area contributed by atoms with Crippen molar-refractivity contribution in [2.45, 2.75) is 38.1 Å². The number of rotatable bonds is 4. The molecule has 0 bridgehead atoms. The maximum atomic E-state index is 14.6. The van der Waals surface area contributed by atoms with Crippen molar-refractivity contribution in [3.8, 4) is 11.5 Å². The number of aromatic nitrogens is 5. The van der Waals surface area contributed by atoms with Crippen molar-refractivity contribution in [1.82, 2.24) is 24.1 Å². The van der Waals surface area contributed by atoms with Crippen molar-refractivity contribution in [2.75, 3.05) is 6.61 Å². The fourth-order valence-corrected chi connectivity index (χ4v) is 3.52. The molecule has 0 radical (unpaired) electrons. The Kier molecular flexibility index (Phi) is 3.48. The first kappa shape index (κ1) is 17.1. The molecule has 28 heavy (non-hydrogen) atoms. The van der Waals surface area contributed by atoms with Crippen LogP contribution in [0.15, 0.2) is 33.8 Å². The fraction of sp³-hybridized carbons (Fsp3) is 0.368. The smallest absolute Gasteiger partial charge is 0.278 e. The highest BCUT2D eigenvalue weighted by Crippen LogP contribution is 2.47. The van der Waals surface area contributed by atoms with Crippen molar-refractivity contribution in [2.24, 2.45) is 0 Å². The molecule has 1 aliphatic carbocycles. The van der Waals surface area contributed by atoms with Crippen molar-refractivity contribution < 1.29 is 14.0 Å². The molecular weight excluding hydrogens is 365 g/mol. The van der Waals surface area contributed by atoms with Crippen LogP contribution in [-0.2, 0) is 5.41 Å². The number of hydrogen-bond donors (Lipinski definition) is 1. The van der Waals surface area contributed by atoms with Gasteiger partial charge in [-0.2, -0.15) is 4.98 Å². The summed E-state index contributed by atoms with van der Waals surface area (Å²) >= 11 is 0. The Morgan fingerprint density at radius 3 is 2.86 bits per heavy atom. The summed E-state index contributed by atoms with van der Waals surface area (Å²) in [5, 5.41) is 13.6. The lowest BCUT2D eigenvalue weighted by molar-refractivity contribution is 0.239. The second kappa shape index (κ2) is 5.71. The number of para-hydroxylation sites is 1. The first-order valence-electron chi connectivity index (χ1n) is 9.10. The van der Waals surface area contributed by atoms with Gasteiger partial charge in [-0.25, -0.2) is 9.37 Å². The number of fused-ring (bicyclic) bond motifs is 3. The van der Waals surface area contributed by atoms with E-state index in [1.807, 2.05) is 6.92 Å². The van der Waals surface area contributed by atoms with Crippen molar-refractivity contribution in [3.63, 3.8) is 0 Å². The number of aliphatic hydroxyl groups excluding tert-OH is 1. The van der Waals surface area contributed by atoms with Crippen LogP contribution in [0.3, 0.4) is 0 Å². The minimum absolute atomic E-state index is 0.109. The summed E-state index contributed by atoms with van der Waals surface area (Å²) in [5.74, 6) is 0.205. The van der Waals surface area contributed by atoms with Crippen LogP contribution in [0.5, 0.6) is 0 Å². The van der Waals surface area contributed by atoms with Crippen LogP contribution < -0.4 is 5.56 Å². The van der Waals surface area contributed by atoms with E-state index in [1.165, 1.54) is 21.4 Å². The van der Waals surface area contributed by atoms with E-state index in [1.54, 1.807) is 19.1 Å². The second-order valence-electron chi connectivity index (χ2n) is 7.61. The van der Waals surface area contributed by atoms with Crippen molar-refractivity contribution in [1.29, 1.82) is 0 Å². The molecule has 1 fully saturated rings. The Hall–Kier alpha value is -3.07. The molecule has 3 heterocycles. The zero-order valence-electron chi connectivity index (χ0n) is 15.4. The van der Waals surface area contributed by atoms with Crippen molar-refractivity contribution >= 4 is 16.6 Å². The average molecular weight is 383 g/mol. The van der Waals surface area contributed by atoms with Gasteiger partial charge in [0.25, 0.3) is 5.56 Å². The number of halogens is 1. The average Bonchev–Trinajstić information content (AvgIpc) is 3.12. The summed E-state index contributed by atoms with van der Waals surface area (Å²) in [6.07, 6.45) is 3.41. The normalized spacial score (nSPS) is 16.7. The molecule has 8 nitrogen and oxygen atoms in total. The third-order valence-electron chi connectivity index (χ3n) is 5.51. The number of imidazole rings is 1. The SMILES string of the molecule is CC(CO)n1c(=O)c2c(-c3noc(C4(C)CC4)n3)ncn2c2cccc(F)c21. The second-order valence-corrected chi connectivity index (χ2v) is 7.61. The summed E-state index contributed by atoms with van der Waals surface area (Å²) in [6.45, 7) is 3.38. The minimum Gasteiger partial charge on any atom is -0.394 e. The monoisotopic (exact) mass is 383 g/mol. The molecule has 0 aliphatic heterocycles. The van der Waals surface area contributed by atoms with Gasteiger partial charge in [-0.05, 0) is 31.9 Å². The van der Waals surface area contributed by atoms with Crippen LogP contribution in [0.25, 0.3) is 28.1 Å². The Morgan fingerprint density at radius 2 is 2.14 bits per heavy atom. The fourth-order valence-electron chi connectivity index (χ4n) is 3.52. The Bertz CT molecular complexity index is 1280. The van der Waals surface area contributed by atoms with Gasteiger partial charge in [-0.15, -0.1) is 0 Å². The van der Waals surface area contributed by atoms with E-state index < -0.39 is 17.4 Å². The van der Waals surface area contributed by atoms with Crippen LogP contribution in [0.1, 0.15) is 38.6 Å². The van der Waals surface area contributed by atoms with Crippen LogP contribution in [0.4, 0.5) is 4.39 Å². The van der Waals surface area contributed by atoms with Gasteiger partial charge in [0.2, 0.25) is 11.7 Å². The third-order valence-corrected chi connectivity index (χ3v) is 5.51. The largest absolute Gasteiger partial charge is 0.394 e. The van der Waals surface area contributed by atoms with E-state index in [2.05, 4.69) is 15.1 Å². The van der Waals surface area contributed by atoms with E-state index in [4.69, 9.17) is 4.52 Å². The van der Waals surface area contributed by atoms with Gasteiger partial charge in [0.15, 0.2) is 0 Å². The van der Waals surface area contributed by atoms with Gasteiger partial charge in [0, 0.05) is 5.41 Å². The van der Waals surface area contributed by atoms with E-state index >= 15 is 0 Å². The quantitative estimate of drug-likeness (QED) is 0.581. The summed E-state index contributed by atoms with van der Waals surface area (Å²) in [7, 11) is 0. The first-order chi connectivity index (χ1) is 13.4. The lowest BCUT2D eigenvalue weighted by Gasteiger charge is -2.17. The molecule has 0 spiro atoms. The molecule has 1 unspecified atom stereocenters. The molecule has 1 N–H and O–H groups in total. The highest BCUT2D eigenvalue weighted by molar-refractivity contribution is 5.84. The van der Waals surface area contributed by atoms with Gasteiger partial charge >= 0.3 is 0 Å². The molecule has 3 aromatic heterocycles. The van der Waals surface area contributed by atoms with Gasteiger partial charge in [0.05, 0.1) is 18.2 Å². The Labute approximate surface area is 158 Å². The zero-order chi connectivity index (χ0) is 19.6. The molecule has 1 aliphatic rings. The summed E-state index contributed by atoms with van der Waals surface area (Å²) < 4.78 is 22.8. The Balaban J connectivity index is 1.84. The molecule has 1 atom stereocenters. The molecule has 9 heteroatoms. The maximum absolute atomic E-state index is 14.6. The minimum atomic E-state index is -0.620. The van der Waals surface area contributed by atoms with E-state index in [0.717, 1.165) is 12.8 Å². The number of benzene rings is 1. The molecule has 5 rings (SSSR count). The van der Waals surface area contributed by atoms with Crippen molar-refractivity contribution in [3.05, 3.63) is 46.6 Å². The third kappa shape index (κ3) is 2.26. The Morgan fingerprint density at radius 1 is 1.36 bits per heavy atom. The summed E-state index contributed by atoms with van der Waals surface area (Å²) in [5.41, 5.74) is 0.482. The van der Waals surface area contributed by atoms with Crippen LogP contribution >= 0.6 is 0 Å². The highest BCUT2D eigenvalue weighted by atomic mass is 19.1.